The normalized spacial score (nSPS) is 13.3. The molecule has 0 bridgehead atoms. The van der Waals surface area contributed by atoms with E-state index >= 15 is 0 Å². The third-order valence-electron chi connectivity index (χ3n) is 3.30. The minimum absolute atomic E-state index is 0.711. The van der Waals surface area contributed by atoms with Gasteiger partial charge in [0.2, 0.25) is 0 Å². The van der Waals surface area contributed by atoms with Crippen LogP contribution in [0.2, 0.25) is 0 Å². The van der Waals surface area contributed by atoms with Crippen LogP contribution in [0.25, 0.3) is 0 Å². The maximum Gasteiger partial charge on any atom is 0.164 e. The van der Waals surface area contributed by atoms with Gasteiger partial charge in [0.25, 0.3) is 0 Å². The molecule has 0 radical (unpaired) electrons. The van der Waals surface area contributed by atoms with Crippen molar-refractivity contribution in [2.75, 3.05) is 13.7 Å². The van der Waals surface area contributed by atoms with Crippen LogP contribution in [0.3, 0.4) is 0 Å². The van der Waals surface area contributed by atoms with Gasteiger partial charge < -0.3 is 10.1 Å². The molecule has 100 valence electrons. The summed E-state index contributed by atoms with van der Waals surface area (Å²) < 4.78 is 7.41. The van der Waals surface area contributed by atoms with Gasteiger partial charge in [-0.2, -0.15) is 5.10 Å². The first-order valence-electron chi connectivity index (χ1n) is 6.62. The molecule has 1 N–H and O–H groups in total. The van der Waals surface area contributed by atoms with Gasteiger partial charge in [0.1, 0.15) is 12.1 Å². The van der Waals surface area contributed by atoms with Gasteiger partial charge in [-0.3, -0.25) is 4.68 Å². The van der Waals surface area contributed by atoms with Crippen LogP contribution in [0.15, 0.2) is 24.5 Å². The Bertz CT molecular complexity index is 564. The first-order chi connectivity index (χ1) is 9.35. The smallest absolute Gasteiger partial charge is 0.164 e. The summed E-state index contributed by atoms with van der Waals surface area (Å²) >= 11 is 0. The number of nitrogens with zero attached hydrogens (tertiary/aromatic N) is 3. The molecule has 0 aliphatic carbocycles. The van der Waals surface area contributed by atoms with Crippen molar-refractivity contribution in [2.45, 2.75) is 25.9 Å². The number of benzene rings is 1. The molecule has 0 unspecified atom stereocenters. The Morgan fingerprint density at radius 1 is 1.42 bits per heavy atom. The summed E-state index contributed by atoms with van der Waals surface area (Å²) in [6.45, 7) is 2.38. The second kappa shape index (κ2) is 5.40. The highest BCUT2D eigenvalue weighted by Gasteiger charge is 2.11. The monoisotopic (exact) mass is 258 g/mol. The second-order valence-electron chi connectivity index (χ2n) is 4.74. The Morgan fingerprint density at radius 2 is 2.37 bits per heavy atom. The highest BCUT2D eigenvalue weighted by atomic mass is 16.5. The third-order valence-corrected chi connectivity index (χ3v) is 3.30. The lowest BCUT2D eigenvalue weighted by Gasteiger charge is -2.04. The van der Waals surface area contributed by atoms with Crippen molar-refractivity contribution in [3.8, 4) is 5.75 Å². The topological polar surface area (TPSA) is 52.0 Å². The van der Waals surface area contributed by atoms with E-state index in [-0.39, 0.29) is 0 Å². The largest absolute Gasteiger partial charge is 0.493 e. The molecule has 0 saturated heterocycles. The van der Waals surface area contributed by atoms with Crippen molar-refractivity contribution in [2.24, 2.45) is 0 Å². The number of aromatic nitrogens is 3. The van der Waals surface area contributed by atoms with Crippen molar-refractivity contribution < 1.29 is 4.74 Å². The van der Waals surface area contributed by atoms with Crippen LogP contribution < -0.4 is 10.1 Å². The molecule has 1 aliphatic rings. The molecule has 0 fully saturated rings. The summed E-state index contributed by atoms with van der Waals surface area (Å²) in [5, 5.41) is 7.45. The molecular weight excluding hydrogens is 240 g/mol. The average molecular weight is 258 g/mol. The molecule has 2 aromatic rings. The van der Waals surface area contributed by atoms with E-state index in [1.165, 1.54) is 11.1 Å². The molecule has 0 spiro atoms. The van der Waals surface area contributed by atoms with Gasteiger partial charge in [0, 0.05) is 13.0 Å². The predicted octanol–water partition coefficient (Wildman–Crippen LogP) is 1.18. The molecule has 2 heterocycles. The van der Waals surface area contributed by atoms with Crippen LogP contribution in [0.4, 0.5) is 0 Å². The lowest BCUT2D eigenvalue weighted by molar-refractivity contribution is 0.357. The number of ether oxygens (including phenoxy) is 1. The van der Waals surface area contributed by atoms with Crippen LogP contribution in [0.5, 0.6) is 5.75 Å². The number of nitrogens with one attached hydrogen (secondary N) is 1. The van der Waals surface area contributed by atoms with E-state index in [0.29, 0.717) is 6.54 Å². The Balaban J connectivity index is 1.62. The van der Waals surface area contributed by atoms with E-state index in [2.05, 4.69) is 33.6 Å². The number of hydrogen-bond donors (Lipinski definition) is 1. The first kappa shape index (κ1) is 12.2. The van der Waals surface area contributed by atoms with Crippen LogP contribution in [-0.2, 0) is 25.9 Å². The molecule has 1 aliphatic heterocycles. The Morgan fingerprint density at radius 3 is 3.26 bits per heavy atom. The van der Waals surface area contributed by atoms with Crippen molar-refractivity contribution in [3.63, 3.8) is 0 Å². The third kappa shape index (κ3) is 2.76. The van der Waals surface area contributed by atoms with E-state index in [9.17, 15) is 0 Å². The van der Waals surface area contributed by atoms with Gasteiger partial charge in [-0.1, -0.05) is 12.1 Å². The summed E-state index contributed by atoms with van der Waals surface area (Å²) in [4.78, 5) is 4.25. The van der Waals surface area contributed by atoms with E-state index in [4.69, 9.17) is 4.74 Å². The molecule has 3 rings (SSSR count). The average Bonchev–Trinajstić information content (AvgIpc) is 3.04. The van der Waals surface area contributed by atoms with Gasteiger partial charge in [0.05, 0.1) is 13.2 Å². The highest BCUT2D eigenvalue weighted by molar-refractivity contribution is 5.39. The summed E-state index contributed by atoms with van der Waals surface area (Å²) in [6.07, 6.45) is 3.79. The zero-order valence-corrected chi connectivity index (χ0v) is 11.1. The first-order valence-corrected chi connectivity index (χ1v) is 6.62. The molecule has 1 aromatic heterocycles. The Kier molecular flexibility index (Phi) is 3.46. The van der Waals surface area contributed by atoms with Crippen LogP contribution >= 0.6 is 0 Å². The summed E-state index contributed by atoms with van der Waals surface area (Å²) in [5.41, 5.74) is 2.65. The number of aryl methyl sites for hydroxylation is 2. The molecule has 0 saturated carbocycles. The summed E-state index contributed by atoms with van der Waals surface area (Å²) in [6, 6.07) is 6.45. The zero-order valence-electron chi connectivity index (χ0n) is 11.1. The summed E-state index contributed by atoms with van der Waals surface area (Å²) in [5.74, 6) is 1.88. The zero-order chi connectivity index (χ0) is 13.1. The Labute approximate surface area is 112 Å². The van der Waals surface area contributed by atoms with E-state index in [0.717, 1.165) is 37.6 Å². The fraction of sp³-hybridized carbons (Fsp3) is 0.429. The van der Waals surface area contributed by atoms with Gasteiger partial charge in [-0.15, -0.1) is 0 Å². The predicted molar refractivity (Wildman–Crippen MR) is 72.1 cm³/mol. The maximum absolute atomic E-state index is 5.51. The van der Waals surface area contributed by atoms with Crippen molar-refractivity contribution >= 4 is 0 Å². The van der Waals surface area contributed by atoms with Crippen molar-refractivity contribution in [1.82, 2.24) is 20.1 Å². The lowest BCUT2D eigenvalue weighted by atomic mass is 10.1. The summed E-state index contributed by atoms with van der Waals surface area (Å²) in [7, 11) is 1.90. The highest BCUT2D eigenvalue weighted by Crippen LogP contribution is 2.26. The van der Waals surface area contributed by atoms with Crippen LogP contribution in [0.1, 0.15) is 17.0 Å². The van der Waals surface area contributed by atoms with E-state index < -0.39 is 0 Å². The minimum Gasteiger partial charge on any atom is -0.493 e. The lowest BCUT2D eigenvalue weighted by Crippen LogP contribution is -2.08. The second-order valence-corrected chi connectivity index (χ2v) is 4.74. The van der Waals surface area contributed by atoms with E-state index in [1.807, 2.05) is 11.7 Å². The van der Waals surface area contributed by atoms with Crippen LogP contribution in [0, 0.1) is 0 Å². The molecule has 0 amide bonds. The number of fused-ring (bicyclic) bond motifs is 1. The molecule has 5 nitrogen and oxygen atoms in total. The molecule has 5 heteroatoms. The Hall–Kier alpha value is -1.88. The van der Waals surface area contributed by atoms with E-state index in [1.54, 1.807) is 6.33 Å². The van der Waals surface area contributed by atoms with Gasteiger partial charge in [-0.05, 0) is 30.7 Å². The molecular formula is C14H18N4O. The van der Waals surface area contributed by atoms with Crippen LogP contribution in [-0.4, -0.2) is 28.4 Å². The fourth-order valence-corrected chi connectivity index (χ4v) is 2.32. The molecule has 1 aromatic carbocycles. The van der Waals surface area contributed by atoms with Crippen molar-refractivity contribution in [3.05, 3.63) is 41.5 Å². The van der Waals surface area contributed by atoms with Gasteiger partial charge in [-0.25, -0.2) is 4.98 Å². The fourth-order valence-electron chi connectivity index (χ4n) is 2.32. The number of hydrogen-bond acceptors (Lipinski definition) is 4. The van der Waals surface area contributed by atoms with Gasteiger partial charge >= 0.3 is 0 Å². The standard InChI is InChI=1S/C14H18N4O/c1-15-9-14-16-10-18(17-14)6-4-11-2-3-13-12(8-11)5-7-19-13/h2-3,8,10,15H,4-7,9H2,1H3. The van der Waals surface area contributed by atoms with Gasteiger partial charge in [0.15, 0.2) is 5.82 Å². The quantitative estimate of drug-likeness (QED) is 0.875. The van der Waals surface area contributed by atoms with Crippen molar-refractivity contribution in [1.29, 1.82) is 0 Å². The maximum atomic E-state index is 5.51. The SMILES string of the molecule is CNCc1ncn(CCc2ccc3c(c2)CCO3)n1. The number of rotatable bonds is 5. The minimum atomic E-state index is 0.711. The molecule has 0 atom stereocenters. The molecule has 19 heavy (non-hydrogen) atoms.